The van der Waals surface area contributed by atoms with Crippen molar-refractivity contribution in [2.75, 3.05) is 19.7 Å². The summed E-state index contributed by atoms with van der Waals surface area (Å²) in [5.41, 5.74) is -0.684. The first-order valence-electron chi connectivity index (χ1n) is 7.34. The van der Waals surface area contributed by atoms with Crippen LogP contribution in [0.1, 0.15) is 46.0 Å². The maximum Gasteiger partial charge on any atom is 0.246 e. The second kappa shape index (κ2) is 5.90. The van der Waals surface area contributed by atoms with Crippen LogP contribution in [0.4, 0.5) is 0 Å². The van der Waals surface area contributed by atoms with Crippen molar-refractivity contribution in [3.05, 3.63) is 0 Å². The van der Waals surface area contributed by atoms with Gasteiger partial charge >= 0.3 is 0 Å². The van der Waals surface area contributed by atoms with Gasteiger partial charge in [-0.25, -0.2) is 0 Å². The molecular formula is C14H24N2O3. The van der Waals surface area contributed by atoms with Crippen molar-refractivity contribution in [1.82, 2.24) is 10.2 Å². The summed E-state index contributed by atoms with van der Waals surface area (Å²) in [7, 11) is 0. The fourth-order valence-corrected chi connectivity index (χ4v) is 3.16. The average Bonchev–Trinajstić information content (AvgIpc) is 2.45. The zero-order valence-corrected chi connectivity index (χ0v) is 11.9. The van der Waals surface area contributed by atoms with Crippen LogP contribution in [-0.4, -0.2) is 48.1 Å². The molecule has 5 heteroatoms. The van der Waals surface area contributed by atoms with Gasteiger partial charge in [0, 0.05) is 13.2 Å². The molecule has 19 heavy (non-hydrogen) atoms. The highest BCUT2D eigenvalue weighted by Crippen LogP contribution is 2.29. The van der Waals surface area contributed by atoms with Crippen LogP contribution in [-0.2, 0) is 14.3 Å². The smallest absolute Gasteiger partial charge is 0.246 e. The van der Waals surface area contributed by atoms with Gasteiger partial charge in [-0.15, -0.1) is 0 Å². The monoisotopic (exact) mass is 268 g/mol. The Balaban J connectivity index is 2.16. The minimum atomic E-state index is -0.684. The number of piperazine rings is 1. The van der Waals surface area contributed by atoms with E-state index in [4.69, 9.17) is 4.74 Å². The lowest BCUT2D eigenvalue weighted by Gasteiger charge is -2.46. The van der Waals surface area contributed by atoms with E-state index in [2.05, 4.69) is 5.32 Å². The molecule has 0 aromatic rings. The van der Waals surface area contributed by atoms with Gasteiger partial charge in [-0.05, 0) is 32.1 Å². The van der Waals surface area contributed by atoms with E-state index in [-0.39, 0.29) is 24.5 Å². The van der Waals surface area contributed by atoms with Gasteiger partial charge in [-0.1, -0.05) is 13.8 Å². The summed E-state index contributed by atoms with van der Waals surface area (Å²) in [6.07, 6.45) is 4.60. The largest absolute Gasteiger partial charge is 0.376 e. The van der Waals surface area contributed by atoms with Gasteiger partial charge in [0.15, 0.2) is 0 Å². The molecule has 2 amide bonds. The van der Waals surface area contributed by atoms with Gasteiger partial charge in [0.1, 0.15) is 5.54 Å². The van der Waals surface area contributed by atoms with E-state index < -0.39 is 5.54 Å². The van der Waals surface area contributed by atoms with Gasteiger partial charge in [0.25, 0.3) is 0 Å². The molecule has 5 nitrogen and oxygen atoms in total. The summed E-state index contributed by atoms with van der Waals surface area (Å²) in [5, 5.41) is 2.72. The Morgan fingerprint density at radius 1 is 1.32 bits per heavy atom. The highest BCUT2D eigenvalue weighted by Gasteiger charge is 2.47. The molecule has 0 saturated carbocycles. The van der Waals surface area contributed by atoms with Gasteiger partial charge in [-0.2, -0.15) is 0 Å². The van der Waals surface area contributed by atoms with Crippen LogP contribution in [0.2, 0.25) is 0 Å². The summed E-state index contributed by atoms with van der Waals surface area (Å²) in [6, 6.07) is 0. The Labute approximate surface area is 114 Å². The number of amides is 2. The fourth-order valence-electron chi connectivity index (χ4n) is 3.16. The van der Waals surface area contributed by atoms with E-state index in [1.54, 1.807) is 4.90 Å². The van der Waals surface area contributed by atoms with Gasteiger partial charge in [0.05, 0.1) is 12.6 Å². The van der Waals surface area contributed by atoms with Crippen molar-refractivity contribution in [2.24, 2.45) is 0 Å². The zero-order chi connectivity index (χ0) is 13.9. The molecule has 1 N–H and O–H groups in total. The zero-order valence-electron chi connectivity index (χ0n) is 11.9. The number of rotatable bonds is 4. The Hall–Kier alpha value is -1.10. The highest BCUT2D eigenvalue weighted by molar-refractivity contribution is 5.97. The van der Waals surface area contributed by atoms with Crippen LogP contribution in [0.15, 0.2) is 0 Å². The van der Waals surface area contributed by atoms with Crippen molar-refractivity contribution in [2.45, 2.75) is 57.6 Å². The van der Waals surface area contributed by atoms with Gasteiger partial charge in [0.2, 0.25) is 11.8 Å². The topological polar surface area (TPSA) is 58.6 Å². The normalized spacial score (nSPS) is 27.3. The lowest BCUT2D eigenvalue weighted by Crippen LogP contribution is -2.68. The maximum atomic E-state index is 12.2. The predicted octanol–water partition coefficient (Wildman–Crippen LogP) is 1.07. The molecule has 2 saturated heterocycles. The fraction of sp³-hybridized carbons (Fsp3) is 0.857. The van der Waals surface area contributed by atoms with Crippen LogP contribution >= 0.6 is 0 Å². The molecule has 108 valence electrons. The quantitative estimate of drug-likeness (QED) is 0.830. The number of ether oxygens (including phenoxy) is 1. The SMILES string of the molecule is CCC1(CC)C(=O)NCC(=O)N1CC1CCCCO1. The highest BCUT2D eigenvalue weighted by atomic mass is 16.5. The summed E-state index contributed by atoms with van der Waals surface area (Å²) >= 11 is 0. The average molecular weight is 268 g/mol. The number of nitrogens with zero attached hydrogens (tertiary/aromatic N) is 1. The maximum absolute atomic E-state index is 12.2. The summed E-state index contributed by atoms with van der Waals surface area (Å²) in [5.74, 6) is -0.00890. The molecule has 0 radical (unpaired) electrons. The minimum Gasteiger partial charge on any atom is -0.376 e. The number of hydrogen-bond acceptors (Lipinski definition) is 3. The van der Waals surface area contributed by atoms with Crippen LogP contribution < -0.4 is 5.32 Å². The Kier molecular flexibility index (Phi) is 4.45. The number of carbonyl (C=O) groups is 2. The molecule has 2 heterocycles. The standard InChI is InChI=1S/C14H24N2O3/c1-3-14(4-2)13(18)15-9-12(17)16(14)10-11-7-5-6-8-19-11/h11H,3-10H2,1-2H3,(H,15,18). The molecule has 2 fully saturated rings. The van der Waals surface area contributed by atoms with Gasteiger partial charge in [-0.3, -0.25) is 9.59 Å². The molecule has 2 aliphatic heterocycles. The van der Waals surface area contributed by atoms with Crippen molar-refractivity contribution >= 4 is 11.8 Å². The predicted molar refractivity (Wildman–Crippen MR) is 71.6 cm³/mol. The molecular weight excluding hydrogens is 244 g/mol. The molecule has 0 aromatic carbocycles. The van der Waals surface area contributed by atoms with Crippen molar-refractivity contribution in [3.8, 4) is 0 Å². The number of hydrogen-bond donors (Lipinski definition) is 1. The number of nitrogens with one attached hydrogen (secondary N) is 1. The van der Waals surface area contributed by atoms with E-state index in [0.717, 1.165) is 25.9 Å². The minimum absolute atomic E-state index is 0.0115. The molecule has 1 unspecified atom stereocenters. The molecule has 0 spiro atoms. The second-order valence-electron chi connectivity index (χ2n) is 5.41. The lowest BCUT2D eigenvalue weighted by atomic mass is 9.86. The van der Waals surface area contributed by atoms with Crippen molar-refractivity contribution < 1.29 is 14.3 Å². The summed E-state index contributed by atoms with van der Waals surface area (Å²) in [4.78, 5) is 26.2. The second-order valence-corrected chi connectivity index (χ2v) is 5.41. The molecule has 0 aliphatic carbocycles. The molecule has 2 aliphatic rings. The third kappa shape index (κ3) is 2.61. The third-order valence-corrected chi connectivity index (χ3v) is 4.47. The first-order chi connectivity index (χ1) is 9.14. The van der Waals surface area contributed by atoms with E-state index in [1.165, 1.54) is 0 Å². The molecule has 0 bridgehead atoms. The molecule has 0 aromatic heterocycles. The summed E-state index contributed by atoms with van der Waals surface area (Å²) < 4.78 is 5.72. The van der Waals surface area contributed by atoms with E-state index in [1.807, 2.05) is 13.8 Å². The van der Waals surface area contributed by atoms with E-state index in [9.17, 15) is 9.59 Å². The molecule has 2 rings (SSSR count). The van der Waals surface area contributed by atoms with Crippen LogP contribution in [0.25, 0.3) is 0 Å². The van der Waals surface area contributed by atoms with Gasteiger partial charge < -0.3 is 15.0 Å². The lowest BCUT2D eigenvalue weighted by molar-refractivity contribution is -0.157. The number of carbonyl (C=O) groups excluding carboxylic acids is 2. The Bertz CT molecular complexity index is 347. The van der Waals surface area contributed by atoms with Crippen molar-refractivity contribution in [3.63, 3.8) is 0 Å². The van der Waals surface area contributed by atoms with E-state index in [0.29, 0.717) is 19.4 Å². The van der Waals surface area contributed by atoms with Crippen molar-refractivity contribution in [1.29, 1.82) is 0 Å². The van der Waals surface area contributed by atoms with Crippen LogP contribution in [0.5, 0.6) is 0 Å². The summed E-state index contributed by atoms with van der Waals surface area (Å²) in [6.45, 7) is 5.37. The first kappa shape index (κ1) is 14.3. The van der Waals surface area contributed by atoms with Crippen LogP contribution in [0.3, 0.4) is 0 Å². The molecule has 1 atom stereocenters. The van der Waals surface area contributed by atoms with Crippen LogP contribution in [0, 0.1) is 0 Å². The Morgan fingerprint density at radius 3 is 2.63 bits per heavy atom. The van der Waals surface area contributed by atoms with E-state index >= 15 is 0 Å². The third-order valence-electron chi connectivity index (χ3n) is 4.47. The first-order valence-corrected chi connectivity index (χ1v) is 7.34. The Morgan fingerprint density at radius 2 is 2.05 bits per heavy atom.